The van der Waals surface area contributed by atoms with Crippen LogP contribution in [0.25, 0.3) is 0 Å². The van der Waals surface area contributed by atoms with Crippen molar-refractivity contribution in [2.24, 2.45) is 11.3 Å². The summed E-state index contributed by atoms with van der Waals surface area (Å²) in [5.74, 6) is 0.768. The van der Waals surface area contributed by atoms with Gasteiger partial charge >= 0.3 is 6.03 Å². The number of urea groups is 1. The van der Waals surface area contributed by atoms with Crippen LogP contribution >= 0.6 is 0 Å². The van der Waals surface area contributed by atoms with Crippen LogP contribution in [0.2, 0.25) is 0 Å². The van der Waals surface area contributed by atoms with E-state index >= 15 is 0 Å². The minimum absolute atomic E-state index is 0.0591. The highest BCUT2D eigenvalue weighted by molar-refractivity contribution is 5.74. The molecule has 5 heteroatoms. The maximum absolute atomic E-state index is 11.9. The molecule has 0 aliphatic carbocycles. The van der Waals surface area contributed by atoms with Crippen molar-refractivity contribution in [3.8, 4) is 0 Å². The minimum atomic E-state index is -0.0839. The predicted octanol–water partition coefficient (Wildman–Crippen LogP) is 2.20. The molecule has 1 saturated heterocycles. The smallest absolute Gasteiger partial charge is 0.315 e. The lowest BCUT2D eigenvalue weighted by molar-refractivity contribution is 0.148. The average molecular weight is 313 g/mol. The van der Waals surface area contributed by atoms with Crippen LogP contribution in [0, 0.1) is 11.3 Å². The van der Waals surface area contributed by atoms with Crippen molar-refractivity contribution in [1.29, 1.82) is 0 Å². The second-order valence-electron chi connectivity index (χ2n) is 7.73. The molecule has 0 radical (unpaired) electrons. The van der Waals surface area contributed by atoms with Gasteiger partial charge in [-0.2, -0.15) is 0 Å². The van der Waals surface area contributed by atoms with Crippen LogP contribution < -0.4 is 10.6 Å². The second-order valence-corrected chi connectivity index (χ2v) is 7.73. The molecule has 5 nitrogen and oxygen atoms in total. The van der Waals surface area contributed by atoms with Crippen molar-refractivity contribution >= 4 is 6.03 Å². The number of nitrogens with zero attached hydrogens (tertiary/aromatic N) is 1. The zero-order valence-corrected chi connectivity index (χ0v) is 14.8. The molecule has 0 aromatic carbocycles. The molecule has 1 heterocycles. The molecule has 1 rings (SSSR count). The van der Waals surface area contributed by atoms with E-state index < -0.39 is 0 Å². The third-order valence-electron chi connectivity index (χ3n) is 4.39. The van der Waals surface area contributed by atoms with Crippen molar-refractivity contribution in [3.05, 3.63) is 0 Å². The first-order valence-corrected chi connectivity index (χ1v) is 8.70. The highest BCUT2D eigenvalue weighted by Crippen LogP contribution is 2.20. The molecule has 1 aliphatic heterocycles. The fourth-order valence-electron chi connectivity index (χ4n) is 3.01. The Morgan fingerprint density at radius 3 is 2.82 bits per heavy atom. The standard InChI is InChI=1S/C17H35N3O2/c1-14-7-5-10-20(11-14)12-15(2)19-16(22)18-9-6-8-17(3,4)13-21/h14-15,21H,5-13H2,1-4H3,(H2,18,19,22). The lowest BCUT2D eigenvalue weighted by Crippen LogP contribution is -2.48. The SMILES string of the molecule is CC1CCCN(CC(C)NC(=O)NCCCC(C)(C)CO)C1. The third kappa shape index (κ3) is 7.99. The van der Waals surface area contributed by atoms with Crippen LogP contribution in [-0.2, 0) is 0 Å². The number of likely N-dealkylation sites (tertiary alicyclic amines) is 1. The summed E-state index contributed by atoms with van der Waals surface area (Å²) < 4.78 is 0. The van der Waals surface area contributed by atoms with Crippen LogP contribution in [0.5, 0.6) is 0 Å². The molecule has 22 heavy (non-hydrogen) atoms. The zero-order valence-electron chi connectivity index (χ0n) is 14.8. The quantitative estimate of drug-likeness (QED) is 0.602. The number of carbonyl (C=O) groups excluding carboxylic acids is 1. The first-order valence-electron chi connectivity index (χ1n) is 8.70. The van der Waals surface area contributed by atoms with Gasteiger partial charge in [-0.3, -0.25) is 0 Å². The third-order valence-corrected chi connectivity index (χ3v) is 4.39. The summed E-state index contributed by atoms with van der Waals surface area (Å²) in [6.45, 7) is 12.5. The average Bonchev–Trinajstić information content (AvgIpc) is 2.43. The minimum Gasteiger partial charge on any atom is -0.396 e. The zero-order chi connectivity index (χ0) is 16.6. The maximum atomic E-state index is 11.9. The van der Waals surface area contributed by atoms with E-state index in [4.69, 9.17) is 0 Å². The normalized spacial score (nSPS) is 21.4. The molecule has 0 aromatic heterocycles. The van der Waals surface area contributed by atoms with E-state index in [1.165, 1.54) is 12.8 Å². The summed E-state index contributed by atoms with van der Waals surface area (Å²) in [6, 6.07) is 0.0820. The second kappa shape index (κ2) is 9.36. The first-order chi connectivity index (χ1) is 10.3. The molecule has 130 valence electrons. The van der Waals surface area contributed by atoms with E-state index in [-0.39, 0.29) is 24.1 Å². The Kier molecular flexibility index (Phi) is 8.18. The van der Waals surface area contributed by atoms with Crippen molar-refractivity contribution in [3.63, 3.8) is 0 Å². The number of amides is 2. The summed E-state index contributed by atoms with van der Waals surface area (Å²) in [6.07, 6.45) is 4.38. The van der Waals surface area contributed by atoms with E-state index in [0.717, 1.165) is 38.4 Å². The highest BCUT2D eigenvalue weighted by atomic mass is 16.3. The lowest BCUT2D eigenvalue weighted by Gasteiger charge is -2.32. The van der Waals surface area contributed by atoms with Crippen molar-refractivity contribution in [2.75, 3.05) is 32.8 Å². The van der Waals surface area contributed by atoms with Crippen LogP contribution in [-0.4, -0.2) is 54.9 Å². The number of nitrogens with one attached hydrogen (secondary N) is 2. The van der Waals surface area contributed by atoms with E-state index in [1.807, 2.05) is 13.8 Å². The topological polar surface area (TPSA) is 64.6 Å². The van der Waals surface area contributed by atoms with Gasteiger partial charge in [0, 0.05) is 32.3 Å². The fourth-order valence-corrected chi connectivity index (χ4v) is 3.01. The molecule has 1 aliphatic rings. The van der Waals surface area contributed by atoms with Gasteiger partial charge in [0.15, 0.2) is 0 Å². The number of aliphatic hydroxyl groups excluding tert-OH is 1. The predicted molar refractivity (Wildman–Crippen MR) is 90.9 cm³/mol. The van der Waals surface area contributed by atoms with Crippen LogP contribution in [0.1, 0.15) is 53.4 Å². The van der Waals surface area contributed by atoms with E-state index in [1.54, 1.807) is 0 Å². The maximum Gasteiger partial charge on any atom is 0.315 e. The van der Waals surface area contributed by atoms with E-state index in [0.29, 0.717) is 6.54 Å². The summed E-state index contributed by atoms with van der Waals surface area (Å²) in [5, 5.41) is 15.1. The van der Waals surface area contributed by atoms with E-state index in [9.17, 15) is 9.90 Å². The lowest BCUT2D eigenvalue weighted by atomic mass is 9.89. The molecule has 2 unspecified atom stereocenters. The van der Waals surface area contributed by atoms with Gasteiger partial charge < -0.3 is 20.6 Å². The van der Waals surface area contributed by atoms with E-state index in [2.05, 4.69) is 29.4 Å². The Hall–Kier alpha value is -0.810. The largest absolute Gasteiger partial charge is 0.396 e. The Morgan fingerprint density at radius 2 is 2.18 bits per heavy atom. The fraction of sp³-hybridized carbons (Fsp3) is 0.941. The van der Waals surface area contributed by atoms with Crippen molar-refractivity contribution < 1.29 is 9.90 Å². The number of hydrogen-bond donors (Lipinski definition) is 3. The molecule has 0 aromatic rings. The van der Waals surface area contributed by atoms with Gasteiger partial charge in [0.05, 0.1) is 0 Å². The van der Waals surface area contributed by atoms with Gasteiger partial charge in [0.1, 0.15) is 0 Å². The Morgan fingerprint density at radius 1 is 1.45 bits per heavy atom. The van der Waals surface area contributed by atoms with Gasteiger partial charge in [-0.25, -0.2) is 4.79 Å². The molecular formula is C17H35N3O2. The van der Waals surface area contributed by atoms with Crippen molar-refractivity contribution in [2.45, 2.75) is 59.4 Å². The molecule has 3 N–H and O–H groups in total. The number of aliphatic hydroxyl groups is 1. The molecule has 2 atom stereocenters. The van der Waals surface area contributed by atoms with Gasteiger partial charge in [0.2, 0.25) is 0 Å². The molecule has 0 spiro atoms. The number of hydrogen-bond acceptors (Lipinski definition) is 3. The monoisotopic (exact) mass is 313 g/mol. The molecule has 2 amide bonds. The van der Waals surface area contributed by atoms with Crippen LogP contribution in [0.3, 0.4) is 0 Å². The van der Waals surface area contributed by atoms with Gasteiger partial charge in [-0.15, -0.1) is 0 Å². The summed E-state index contributed by atoms with van der Waals surface area (Å²) in [7, 11) is 0. The highest BCUT2D eigenvalue weighted by Gasteiger charge is 2.19. The summed E-state index contributed by atoms with van der Waals surface area (Å²) >= 11 is 0. The molecular weight excluding hydrogens is 278 g/mol. The van der Waals surface area contributed by atoms with Gasteiger partial charge in [-0.05, 0) is 50.5 Å². The Labute approximate surface area is 135 Å². The van der Waals surface area contributed by atoms with Gasteiger partial charge in [0.25, 0.3) is 0 Å². The van der Waals surface area contributed by atoms with Crippen molar-refractivity contribution in [1.82, 2.24) is 15.5 Å². The summed E-state index contributed by atoms with van der Waals surface area (Å²) in [4.78, 5) is 14.3. The van der Waals surface area contributed by atoms with Crippen LogP contribution in [0.4, 0.5) is 4.79 Å². The molecule has 0 bridgehead atoms. The number of piperidine rings is 1. The van der Waals surface area contributed by atoms with Gasteiger partial charge in [-0.1, -0.05) is 20.8 Å². The molecule has 0 saturated carbocycles. The first kappa shape index (κ1) is 19.2. The number of rotatable bonds is 8. The summed E-state index contributed by atoms with van der Waals surface area (Å²) in [5.41, 5.74) is -0.0591. The van der Waals surface area contributed by atoms with Crippen LogP contribution in [0.15, 0.2) is 0 Å². The Balaban J connectivity index is 2.13. The Bertz CT molecular complexity index is 334. The number of carbonyl (C=O) groups is 1. The molecule has 1 fully saturated rings.